The lowest BCUT2D eigenvalue weighted by atomic mass is 10.0. The van der Waals surface area contributed by atoms with Gasteiger partial charge in [0.25, 0.3) is 0 Å². The van der Waals surface area contributed by atoms with Gasteiger partial charge in [-0.1, -0.05) is 54.6 Å². The van der Waals surface area contributed by atoms with Crippen LogP contribution in [0.1, 0.15) is 25.5 Å². The minimum absolute atomic E-state index is 0.0173. The standard InChI is InChI=1S/C19H20ClN5/c1-12(2)17(20)18(25-19(21)22-11-23-25)24-13(3)15-9-8-14-6-4-5-7-16(14)10-15/h4-11,13,24H,1H2,2-3H3,(H2,21,22,23)/b18-17+/t13-/m0/s1. The maximum absolute atomic E-state index is 6.45. The van der Waals surface area contributed by atoms with Gasteiger partial charge in [-0.15, -0.1) is 0 Å². The van der Waals surface area contributed by atoms with Crippen LogP contribution in [0.5, 0.6) is 0 Å². The monoisotopic (exact) mass is 353 g/mol. The van der Waals surface area contributed by atoms with E-state index in [1.807, 2.05) is 19.1 Å². The van der Waals surface area contributed by atoms with Gasteiger partial charge in [-0.05, 0) is 41.8 Å². The molecule has 128 valence electrons. The fourth-order valence-electron chi connectivity index (χ4n) is 2.61. The molecule has 3 rings (SSSR count). The molecule has 0 bridgehead atoms. The van der Waals surface area contributed by atoms with E-state index in [-0.39, 0.29) is 12.0 Å². The van der Waals surface area contributed by atoms with Crippen LogP contribution in [0, 0.1) is 0 Å². The largest absolute Gasteiger partial charge is 0.368 e. The molecule has 0 aliphatic carbocycles. The van der Waals surface area contributed by atoms with Crippen LogP contribution in [-0.2, 0) is 0 Å². The molecule has 6 heteroatoms. The van der Waals surface area contributed by atoms with Gasteiger partial charge in [-0.2, -0.15) is 14.8 Å². The second-order valence-corrected chi connectivity index (χ2v) is 6.32. The van der Waals surface area contributed by atoms with Gasteiger partial charge in [0.2, 0.25) is 5.95 Å². The molecular weight excluding hydrogens is 334 g/mol. The molecular formula is C19H20ClN5. The number of fused-ring (bicyclic) bond motifs is 1. The van der Waals surface area contributed by atoms with E-state index in [4.69, 9.17) is 17.3 Å². The van der Waals surface area contributed by atoms with Gasteiger partial charge in [0.05, 0.1) is 11.1 Å². The van der Waals surface area contributed by atoms with Crippen molar-refractivity contribution in [1.82, 2.24) is 20.1 Å². The summed E-state index contributed by atoms with van der Waals surface area (Å²) in [5.41, 5.74) is 7.73. The first-order valence-electron chi connectivity index (χ1n) is 7.94. The van der Waals surface area contributed by atoms with Crippen LogP contribution >= 0.6 is 11.6 Å². The van der Waals surface area contributed by atoms with Crippen molar-refractivity contribution in [2.75, 3.05) is 5.73 Å². The molecule has 1 atom stereocenters. The number of nitrogen functional groups attached to an aromatic ring is 1. The number of hydrogen-bond acceptors (Lipinski definition) is 4. The highest BCUT2D eigenvalue weighted by Crippen LogP contribution is 2.25. The van der Waals surface area contributed by atoms with Gasteiger partial charge in [-0.3, -0.25) is 0 Å². The minimum Gasteiger partial charge on any atom is -0.368 e. The third kappa shape index (κ3) is 3.51. The summed E-state index contributed by atoms with van der Waals surface area (Å²) in [6.07, 6.45) is 1.39. The molecule has 0 amide bonds. The lowest BCUT2D eigenvalue weighted by Crippen LogP contribution is -2.24. The molecule has 0 spiro atoms. The maximum Gasteiger partial charge on any atom is 0.224 e. The number of anilines is 1. The van der Waals surface area contributed by atoms with Gasteiger partial charge < -0.3 is 11.1 Å². The van der Waals surface area contributed by atoms with Crippen molar-refractivity contribution in [2.24, 2.45) is 0 Å². The number of rotatable bonds is 5. The van der Waals surface area contributed by atoms with Gasteiger partial charge in [0.15, 0.2) is 5.82 Å². The Balaban J connectivity index is 1.97. The molecule has 0 radical (unpaired) electrons. The Kier molecular flexibility index (Phi) is 4.76. The Morgan fingerprint density at radius 1 is 1.24 bits per heavy atom. The summed E-state index contributed by atoms with van der Waals surface area (Å²) in [5, 5.41) is 10.4. The average molecular weight is 354 g/mol. The van der Waals surface area contributed by atoms with Crippen molar-refractivity contribution in [3.05, 3.63) is 71.5 Å². The normalized spacial score (nSPS) is 13.4. The molecule has 3 aromatic rings. The summed E-state index contributed by atoms with van der Waals surface area (Å²) in [4.78, 5) is 3.97. The molecule has 1 aromatic heterocycles. The second-order valence-electron chi connectivity index (χ2n) is 5.95. The molecule has 25 heavy (non-hydrogen) atoms. The van der Waals surface area contributed by atoms with Gasteiger partial charge in [0, 0.05) is 0 Å². The van der Waals surface area contributed by atoms with Gasteiger partial charge >= 0.3 is 0 Å². The molecule has 0 saturated carbocycles. The lowest BCUT2D eigenvalue weighted by Gasteiger charge is -2.20. The Morgan fingerprint density at radius 3 is 2.60 bits per heavy atom. The zero-order valence-corrected chi connectivity index (χ0v) is 15.0. The van der Waals surface area contributed by atoms with E-state index in [1.165, 1.54) is 21.8 Å². The lowest BCUT2D eigenvalue weighted by molar-refractivity contribution is 0.659. The third-order valence-electron chi connectivity index (χ3n) is 4.00. The zero-order valence-electron chi connectivity index (χ0n) is 14.2. The van der Waals surface area contributed by atoms with E-state index in [1.54, 1.807) is 0 Å². The summed E-state index contributed by atoms with van der Waals surface area (Å²) in [6, 6.07) is 14.6. The molecule has 0 unspecified atom stereocenters. The molecule has 0 aliphatic rings. The quantitative estimate of drug-likeness (QED) is 0.671. The number of allylic oxidation sites excluding steroid dienone is 2. The van der Waals surface area contributed by atoms with Crippen LogP contribution in [-0.4, -0.2) is 14.8 Å². The van der Waals surface area contributed by atoms with E-state index in [2.05, 4.69) is 59.2 Å². The Morgan fingerprint density at radius 2 is 1.96 bits per heavy atom. The SMILES string of the molecule is C=C(C)/C(Cl)=C(/N[C@@H](C)c1ccc2ccccc2c1)n1ncnc1N. The number of aromatic nitrogens is 3. The Hall–Kier alpha value is -2.79. The van der Waals surface area contributed by atoms with Crippen LogP contribution in [0.3, 0.4) is 0 Å². The minimum atomic E-state index is -0.0173. The fourth-order valence-corrected chi connectivity index (χ4v) is 2.74. The van der Waals surface area contributed by atoms with Crippen molar-refractivity contribution >= 4 is 34.1 Å². The Labute approximate surface area is 151 Å². The third-order valence-corrected chi connectivity index (χ3v) is 4.50. The fraction of sp³-hybridized carbons (Fsp3) is 0.158. The summed E-state index contributed by atoms with van der Waals surface area (Å²) in [7, 11) is 0. The van der Waals surface area contributed by atoms with Crippen LogP contribution in [0.25, 0.3) is 16.6 Å². The van der Waals surface area contributed by atoms with E-state index in [0.717, 1.165) is 5.56 Å². The van der Waals surface area contributed by atoms with Crippen molar-refractivity contribution in [2.45, 2.75) is 19.9 Å². The van der Waals surface area contributed by atoms with E-state index in [9.17, 15) is 0 Å². The number of nitrogens with zero attached hydrogens (tertiary/aromatic N) is 3. The van der Waals surface area contributed by atoms with Crippen LogP contribution < -0.4 is 11.1 Å². The topological polar surface area (TPSA) is 68.8 Å². The number of nitrogens with one attached hydrogen (secondary N) is 1. The highest BCUT2D eigenvalue weighted by Gasteiger charge is 2.16. The summed E-state index contributed by atoms with van der Waals surface area (Å²) < 4.78 is 1.48. The Bertz CT molecular complexity index is 957. The molecule has 1 heterocycles. The van der Waals surface area contributed by atoms with Crippen molar-refractivity contribution in [3.8, 4) is 0 Å². The second kappa shape index (κ2) is 6.99. The zero-order chi connectivity index (χ0) is 18.0. The number of benzene rings is 2. The first-order valence-corrected chi connectivity index (χ1v) is 8.32. The van der Waals surface area contributed by atoms with E-state index in [0.29, 0.717) is 16.4 Å². The van der Waals surface area contributed by atoms with Crippen LogP contribution in [0.15, 0.2) is 66.0 Å². The number of nitrogens with two attached hydrogens (primary N) is 1. The highest BCUT2D eigenvalue weighted by atomic mass is 35.5. The van der Waals surface area contributed by atoms with E-state index >= 15 is 0 Å². The smallest absolute Gasteiger partial charge is 0.224 e. The molecule has 5 nitrogen and oxygen atoms in total. The van der Waals surface area contributed by atoms with Crippen molar-refractivity contribution < 1.29 is 0 Å². The maximum atomic E-state index is 6.45. The summed E-state index contributed by atoms with van der Waals surface area (Å²) in [5.74, 6) is 0.817. The predicted octanol–water partition coefficient (Wildman–Crippen LogP) is 4.31. The van der Waals surface area contributed by atoms with Gasteiger partial charge in [-0.25, -0.2) is 0 Å². The molecule has 3 N–H and O–H groups in total. The first-order chi connectivity index (χ1) is 12.0. The number of halogens is 1. The van der Waals surface area contributed by atoms with Crippen LogP contribution in [0.2, 0.25) is 0 Å². The summed E-state index contributed by atoms with van der Waals surface area (Å²) in [6.45, 7) is 7.79. The average Bonchev–Trinajstić information content (AvgIpc) is 3.04. The summed E-state index contributed by atoms with van der Waals surface area (Å²) >= 11 is 6.45. The molecule has 0 fully saturated rings. The molecule has 0 aliphatic heterocycles. The van der Waals surface area contributed by atoms with Crippen LogP contribution in [0.4, 0.5) is 5.95 Å². The highest BCUT2D eigenvalue weighted by molar-refractivity contribution is 6.34. The van der Waals surface area contributed by atoms with Gasteiger partial charge in [0.1, 0.15) is 6.33 Å². The van der Waals surface area contributed by atoms with Crippen molar-refractivity contribution in [3.63, 3.8) is 0 Å². The molecule has 0 saturated heterocycles. The van der Waals surface area contributed by atoms with E-state index < -0.39 is 0 Å². The van der Waals surface area contributed by atoms with Crippen molar-refractivity contribution in [1.29, 1.82) is 0 Å². The number of hydrogen-bond donors (Lipinski definition) is 2. The predicted molar refractivity (Wildman–Crippen MR) is 104 cm³/mol. The molecule has 2 aromatic carbocycles. The first kappa shape index (κ1) is 17.0.